The minimum atomic E-state index is -0.218. The lowest BCUT2D eigenvalue weighted by atomic mass is 10.2. The van der Waals surface area contributed by atoms with Crippen molar-refractivity contribution in [2.45, 2.75) is 26.3 Å². The first-order valence-electron chi connectivity index (χ1n) is 3.52. The highest BCUT2D eigenvalue weighted by Crippen LogP contribution is 2.15. The van der Waals surface area contributed by atoms with Gasteiger partial charge in [0, 0.05) is 5.71 Å². The van der Waals surface area contributed by atoms with Crippen molar-refractivity contribution in [2.24, 2.45) is 4.99 Å². The van der Waals surface area contributed by atoms with Gasteiger partial charge in [0.25, 0.3) is 0 Å². The smallest absolute Gasteiger partial charge is 0.336 e. The molecule has 1 heterocycles. The molecule has 0 aromatic heterocycles. The lowest BCUT2D eigenvalue weighted by molar-refractivity contribution is -0.142. The van der Waals surface area contributed by atoms with E-state index >= 15 is 0 Å². The highest BCUT2D eigenvalue weighted by molar-refractivity contribution is 6.15. The number of ether oxygens (including phenoxy) is 1. The molecule has 1 rings (SSSR count). The normalized spacial score (nSPS) is 21.8. The van der Waals surface area contributed by atoms with Crippen molar-refractivity contribution >= 4 is 11.7 Å². The van der Waals surface area contributed by atoms with E-state index in [9.17, 15) is 4.79 Å². The third-order valence-electron chi connectivity index (χ3n) is 1.41. The van der Waals surface area contributed by atoms with Crippen LogP contribution in [0.5, 0.6) is 0 Å². The molecule has 0 radical (unpaired) electrons. The first kappa shape index (κ1) is 7.25. The molecule has 0 saturated carbocycles. The zero-order chi connectivity index (χ0) is 7.56. The molecule has 0 aromatic carbocycles. The van der Waals surface area contributed by atoms with E-state index in [2.05, 4.69) is 4.99 Å². The van der Waals surface area contributed by atoms with Gasteiger partial charge in [-0.25, -0.2) is 4.79 Å². The van der Waals surface area contributed by atoms with E-state index in [1.165, 1.54) is 0 Å². The number of carbonyl (C=O) groups excluding carboxylic acids is 1. The molecule has 0 unspecified atom stereocenters. The molecule has 10 heavy (non-hydrogen) atoms. The fraction of sp³-hybridized carbons (Fsp3) is 0.714. The van der Waals surface area contributed by atoms with Gasteiger partial charge in [-0.1, -0.05) is 6.92 Å². The van der Waals surface area contributed by atoms with Gasteiger partial charge in [0.15, 0.2) is 6.04 Å². The Morgan fingerprint density at radius 3 is 2.80 bits per heavy atom. The molecule has 3 heteroatoms. The van der Waals surface area contributed by atoms with Crippen LogP contribution in [0.2, 0.25) is 0 Å². The Bertz CT molecular complexity index is 174. The van der Waals surface area contributed by atoms with Crippen LogP contribution >= 0.6 is 0 Å². The highest BCUT2D eigenvalue weighted by atomic mass is 16.5. The van der Waals surface area contributed by atoms with Crippen LogP contribution in [0.3, 0.4) is 0 Å². The Kier molecular flexibility index (Phi) is 2.04. The monoisotopic (exact) mass is 141 g/mol. The third kappa shape index (κ3) is 1.35. The number of carbonyl (C=O) groups is 1. The van der Waals surface area contributed by atoms with E-state index in [0.717, 1.165) is 12.1 Å². The molecule has 0 aliphatic carbocycles. The summed E-state index contributed by atoms with van der Waals surface area (Å²) in [4.78, 5) is 14.8. The predicted octanol–water partition coefficient (Wildman–Crippen LogP) is 0.783. The van der Waals surface area contributed by atoms with Gasteiger partial charge in [0.1, 0.15) is 0 Å². The molecule has 0 saturated heterocycles. The lowest BCUT2D eigenvalue weighted by Crippen LogP contribution is -2.15. The summed E-state index contributed by atoms with van der Waals surface area (Å²) in [6.07, 6.45) is 0.865. The highest BCUT2D eigenvalue weighted by Gasteiger charge is 2.34. The second-order valence-electron chi connectivity index (χ2n) is 2.13. The Morgan fingerprint density at radius 1 is 1.70 bits per heavy atom. The predicted molar refractivity (Wildman–Crippen MR) is 38.1 cm³/mol. The lowest BCUT2D eigenvalue weighted by Gasteiger charge is -1.96. The SMILES string of the molecule is CCOC(=O)[C@H]1N=C1CC. The maximum atomic E-state index is 10.8. The van der Waals surface area contributed by atoms with E-state index in [0.29, 0.717) is 6.61 Å². The van der Waals surface area contributed by atoms with Crippen LogP contribution in [0.1, 0.15) is 20.3 Å². The van der Waals surface area contributed by atoms with E-state index < -0.39 is 0 Å². The number of hydrogen-bond acceptors (Lipinski definition) is 3. The Balaban J connectivity index is 2.22. The maximum absolute atomic E-state index is 10.8. The van der Waals surface area contributed by atoms with E-state index in [1.54, 1.807) is 6.92 Å². The Morgan fingerprint density at radius 2 is 2.40 bits per heavy atom. The summed E-state index contributed by atoms with van der Waals surface area (Å²) >= 11 is 0. The van der Waals surface area contributed by atoms with Gasteiger partial charge in [-0.3, -0.25) is 4.99 Å². The van der Waals surface area contributed by atoms with Crippen LogP contribution in [-0.2, 0) is 9.53 Å². The summed E-state index contributed by atoms with van der Waals surface area (Å²) in [5, 5.41) is 0. The van der Waals surface area contributed by atoms with Crippen LogP contribution in [0.25, 0.3) is 0 Å². The molecule has 56 valence electrons. The summed E-state index contributed by atoms with van der Waals surface area (Å²) in [5.74, 6) is -0.195. The fourth-order valence-corrected chi connectivity index (χ4v) is 0.823. The topological polar surface area (TPSA) is 38.7 Å². The molecule has 0 N–H and O–H groups in total. The molecule has 0 bridgehead atoms. The number of rotatable bonds is 3. The van der Waals surface area contributed by atoms with Crippen molar-refractivity contribution in [2.75, 3.05) is 6.61 Å². The fourth-order valence-electron chi connectivity index (χ4n) is 0.823. The first-order chi connectivity index (χ1) is 4.79. The summed E-state index contributed by atoms with van der Waals surface area (Å²) in [6.45, 7) is 4.23. The van der Waals surface area contributed by atoms with Crippen LogP contribution in [0, 0.1) is 0 Å². The number of nitrogens with zero attached hydrogens (tertiary/aromatic N) is 1. The molecule has 0 aromatic rings. The minimum absolute atomic E-state index is 0.195. The second-order valence-corrected chi connectivity index (χ2v) is 2.13. The molecule has 0 amide bonds. The Labute approximate surface area is 60.1 Å². The van der Waals surface area contributed by atoms with Crippen LogP contribution in [0.4, 0.5) is 0 Å². The van der Waals surface area contributed by atoms with Crippen molar-refractivity contribution in [1.82, 2.24) is 0 Å². The standard InChI is InChI=1S/C7H11NO2/c1-3-5-6(8-5)7(9)10-4-2/h6H,3-4H2,1-2H3/t6-/m0/s1. The zero-order valence-corrected chi connectivity index (χ0v) is 6.26. The molecular formula is C7H11NO2. The van der Waals surface area contributed by atoms with Gasteiger partial charge in [-0.05, 0) is 13.3 Å². The van der Waals surface area contributed by atoms with Gasteiger partial charge in [-0.2, -0.15) is 0 Å². The van der Waals surface area contributed by atoms with E-state index in [4.69, 9.17) is 4.74 Å². The van der Waals surface area contributed by atoms with Crippen LogP contribution < -0.4 is 0 Å². The molecule has 1 atom stereocenters. The quantitative estimate of drug-likeness (QED) is 0.545. The Hall–Kier alpha value is -0.860. The summed E-state index contributed by atoms with van der Waals surface area (Å²) in [7, 11) is 0. The summed E-state index contributed by atoms with van der Waals surface area (Å²) < 4.78 is 4.74. The average Bonchev–Trinajstić information content (AvgIpc) is 2.66. The van der Waals surface area contributed by atoms with Gasteiger partial charge < -0.3 is 4.74 Å². The van der Waals surface area contributed by atoms with Crippen LogP contribution in [-0.4, -0.2) is 24.3 Å². The number of hydrogen-bond donors (Lipinski definition) is 0. The number of esters is 1. The van der Waals surface area contributed by atoms with E-state index in [-0.39, 0.29) is 12.0 Å². The molecule has 1 aliphatic heterocycles. The van der Waals surface area contributed by atoms with E-state index in [1.807, 2.05) is 6.92 Å². The maximum Gasteiger partial charge on any atom is 0.336 e. The van der Waals surface area contributed by atoms with Crippen molar-refractivity contribution < 1.29 is 9.53 Å². The van der Waals surface area contributed by atoms with Crippen molar-refractivity contribution in [3.05, 3.63) is 0 Å². The third-order valence-corrected chi connectivity index (χ3v) is 1.41. The number of aliphatic imine (C=N–C) groups is 1. The van der Waals surface area contributed by atoms with Crippen LogP contribution in [0.15, 0.2) is 4.99 Å². The molecule has 1 aliphatic rings. The average molecular weight is 141 g/mol. The minimum Gasteiger partial charge on any atom is -0.464 e. The van der Waals surface area contributed by atoms with Crippen molar-refractivity contribution in [3.63, 3.8) is 0 Å². The molecular weight excluding hydrogens is 130 g/mol. The molecule has 0 fully saturated rings. The van der Waals surface area contributed by atoms with Gasteiger partial charge in [0.2, 0.25) is 0 Å². The summed E-state index contributed by atoms with van der Waals surface area (Å²) in [5.41, 5.74) is 0.971. The first-order valence-corrected chi connectivity index (χ1v) is 3.52. The van der Waals surface area contributed by atoms with Crippen molar-refractivity contribution in [3.8, 4) is 0 Å². The zero-order valence-electron chi connectivity index (χ0n) is 6.26. The largest absolute Gasteiger partial charge is 0.464 e. The summed E-state index contributed by atoms with van der Waals surface area (Å²) in [6, 6.07) is -0.218. The van der Waals surface area contributed by atoms with Gasteiger partial charge >= 0.3 is 5.97 Å². The second kappa shape index (κ2) is 2.82. The van der Waals surface area contributed by atoms with Gasteiger partial charge in [-0.15, -0.1) is 0 Å². The van der Waals surface area contributed by atoms with Gasteiger partial charge in [0.05, 0.1) is 6.61 Å². The molecule has 3 nitrogen and oxygen atoms in total. The molecule has 0 spiro atoms. The van der Waals surface area contributed by atoms with Crippen molar-refractivity contribution in [1.29, 1.82) is 0 Å².